The summed E-state index contributed by atoms with van der Waals surface area (Å²) in [5.41, 5.74) is 20.6. The molecule has 0 aliphatic rings. The van der Waals surface area contributed by atoms with Crippen molar-refractivity contribution in [2.24, 2.45) is 0 Å². The van der Waals surface area contributed by atoms with Crippen LogP contribution in [0.15, 0.2) is 267 Å². The smallest absolute Gasteiger partial charge is 0.0468 e. The zero-order valence-electron chi connectivity index (χ0n) is 40.6. The van der Waals surface area contributed by atoms with Crippen LogP contribution in [-0.4, -0.2) is 0 Å². The number of hydrogen-bond donors (Lipinski definition) is 0. The summed E-state index contributed by atoms with van der Waals surface area (Å²) in [5, 5.41) is 2.37. The van der Waals surface area contributed by atoms with E-state index in [1.165, 1.54) is 55.3 Å². The molecule has 0 heterocycles. The number of benzene rings is 10. The van der Waals surface area contributed by atoms with Crippen molar-refractivity contribution in [2.75, 3.05) is 9.80 Å². The van der Waals surface area contributed by atoms with Crippen molar-refractivity contribution < 1.29 is 0 Å². The van der Waals surface area contributed by atoms with Gasteiger partial charge in [-0.1, -0.05) is 212 Å². The van der Waals surface area contributed by atoms with Crippen molar-refractivity contribution in [1.29, 1.82) is 0 Å². The molecular formula is C69H56N2. The summed E-state index contributed by atoms with van der Waals surface area (Å²) in [5.74, 6) is 0. The monoisotopic (exact) mass is 912 g/mol. The predicted octanol–water partition coefficient (Wildman–Crippen LogP) is 19.6. The van der Waals surface area contributed by atoms with Crippen LogP contribution in [0.2, 0.25) is 0 Å². The highest BCUT2D eigenvalue weighted by Crippen LogP contribution is 2.39. The summed E-state index contributed by atoms with van der Waals surface area (Å²) in [6.07, 6.45) is 10.8. The van der Waals surface area contributed by atoms with E-state index in [1.54, 1.807) is 0 Å². The molecule has 0 unspecified atom stereocenters. The van der Waals surface area contributed by atoms with Gasteiger partial charge in [0.25, 0.3) is 0 Å². The molecule has 0 spiro atoms. The standard InChI is InChI=1S/C69H56N2/c1-5-55(57-12-8-6-9-13-57)26-20-52(4)56-32-43-68(44-33-56)71(65-39-18-51(3)19-40-65)69-47-36-62-48-54(23-27-63(62)49-69)22-21-53-24-41-66(42-25-53)70(64-37-16-50(2)17-38-64)67-45-34-61(35-46-67)60-30-28-59(29-31-60)58-14-10-7-11-15-58/h5-49H,4H2,1-3H3/b22-21+,26-20-,55-5+. The van der Waals surface area contributed by atoms with Gasteiger partial charge >= 0.3 is 0 Å². The van der Waals surface area contributed by atoms with Gasteiger partial charge in [0.2, 0.25) is 0 Å². The molecule has 2 heteroatoms. The number of aryl methyl sites for hydroxylation is 2. The average Bonchev–Trinajstić information content (AvgIpc) is 3.43. The van der Waals surface area contributed by atoms with Crippen molar-refractivity contribution in [1.82, 2.24) is 0 Å². The van der Waals surface area contributed by atoms with Crippen LogP contribution in [0.4, 0.5) is 34.1 Å². The molecule has 342 valence electrons. The highest BCUT2D eigenvalue weighted by molar-refractivity contribution is 5.92. The van der Waals surface area contributed by atoms with Crippen LogP contribution < -0.4 is 9.80 Å². The maximum absolute atomic E-state index is 4.41. The number of nitrogens with zero attached hydrogens (tertiary/aromatic N) is 2. The number of allylic oxidation sites excluding steroid dienone is 5. The van der Waals surface area contributed by atoms with Gasteiger partial charge in [0.15, 0.2) is 0 Å². The zero-order chi connectivity index (χ0) is 48.5. The Hall–Kier alpha value is -8.98. The fourth-order valence-electron chi connectivity index (χ4n) is 9.09. The van der Waals surface area contributed by atoms with Gasteiger partial charge in [0, 0.05) is 34.1 Å². The van der Waals surface area contributed by atoms with Crippen LogP contribution in [0, 0.1) is 13.8 Å². The van der Waals surface area contributed by atoms with Gasteiger partial charge in [-0.3, -0.25) is 0 Å². The largest absolute Gasteiger partial charge is 0.311 e. The van der Waals surface area contributed by atoms with E-state index in [9.17, 15) is 0 Å². The van der Waals surface area contributed by atoms with Crippen molar-refractivity contribution in [3.63, 3.8) is 0 Å². The molecule has 0 radical (unpaired) electrons. The topological polar surface area (TPSA) is 6.48 Å². The quantitative estimate of drug-likeness (QED) is 0.0792. The third-order valence-corrected chi connectivity index (χ3v) is 13.1. The van der Waals surface area contributed by atoms with E-state index in [0.29, 0.717) is 0 Å². The lowest BCUT2D eigenvalue weighted by Crippen LogP contribution is -2.10. The summed E-state index contributed by atoms with van der Waals surface area (Å²) < 4.78 is 0. The Morgan fingerprint density at radius 2 is 0.746 bits per heavy atom. The van der Waals surface area contributed by atoms with Crippen LogP contribution >= 0.6 is 0 Å². The second-order valence-corrected chi connectivity index (χ2v) is 18.1. The predicted molar refractivity (Wildman–Crippen MR) is 307 cm³/mol. The van der Waals surface area contributed by atoms with E-state index >= 15 is 0 Å². The lowest BCUT2D eigenvalue weighted by Gasteiger charge is -2.26. The Balaban J connectivity index is 0.859. The first-order valence-corrected chi connectivity index (χ1v) is 24.4. The van der Waals surface area contributed by atoms with Crippen molar-refractivity contribution in [2.45, 2.75) is 20.8 Å². The van der Waals surface area contributed by atoms with Crippen molar-refractivity contribution in [3.8, 4) is 22.3 Å². The minimum absolute atomic E-state index is 0.963. The summed E-state index contributed by atoms with van der Waals surface area (Å²) in [4.78, 5) is 4.65. The maximum Gasteiger partial charge on any atom is 0.0468 e. The molecule has 0 amide bonds. The van der Waals surface area contributed by atoms with E-state index in [-0.39, 0.29) is 0 Å². The van der Waals surface area contributed by atoms with Crippen LogP contribution in [-0.2, 0) is 0 Å². The SMILES string of the molecule is C=C(/C=C\C(=C/C)c1ccccc1)c1ccc(N(c2ccc(C)cc2)c2ccc3cc(/C=C/c4ccc(N(c5ccc(C)cc5)c5ccc(-c6ccc(-c7ccccc7)cc6)cc5)cc4)ccc3c2)cc1. The molecule has 0 aliphatic carbocycles. The van der Waals surface area contributed by atoms with E-state index < -0.39 is 0 Å². The summed E-state index contributed by atoms with van der Waals surface area (Å²) in [6.45, 7) is 10.7. The average molecular weight is 913 g/mol. The summed E-state index contributed by atoms with van der Waals surface area (Å²) >= 11 is 0. The van der Waals surface area contributed by atoms with Gasteiger partial charge in [-0.05, 0) is 166 Å². The van der Waals surface area contributed by atoms with E-state index in [4.69, 9.17) is 0 Å². The fraction of sp³-hybridized carbons (Fsp3) is 0.0435. The molecule has 0 saturated carbocycles. The van der Waals surface area contributed by atoms with Gasteiger partial charge in [0.1, 0.15) is 0 Å². The summed E-state index contributed by atoms with van der Waals surface area (Å²) in [6, 6.07) is 87.2. The molecule has 0 aliphatic heterocycles. The van der Waals surface area contributed by atoms with Gasteiger partial charge in [-0.15, -0.1) is 0 Å². The van der Waals surface area contributed by atoms with Crippen LogP contribution in [0.1, 0.15) is 40.3 Å². The van der Waals surface area contributed by atoms with E-state index in [0.717, 1.165) is 56.4 Å². The molecule has 10 aromatic rings. The number of anilines is 6. The molecule has 0 fully saturated rings. The van der Waals surface area contributed by atoms with Crippen LogP contribution in [0.5, 0.6) is 0 Å². The first kappa shape index (κ1) is 45.8. The fourth-order valence-corrected chi connectivity index (χ4v) is 9.09. The zero-order valence-corrected chi connectivity index (χ0v) is 40.6. The Bertz CT molecular complexity index is 3490. The molecule has 0 atom stereocenters. The number of hydrogen-bond acceptors (Lipinski definition) is 2. The van der Waals surface area contributed by atoms with Gasteiger partial charge in [0.05, 0.1) is 0 Å². The molecule has 0 saturated heterocycles. The van der Waals surface area contributed by atoms with Gasteiger partial charge < -0.3 is 9.80 Å². The van der Waals surface area contributed by atoms with Crippen molar-refractivity contribution >= 4 is 68.2 Å². The number of rotatable bonds is 14. The molecule has 10 aromatic carbocycles. The molecule has 10 rings (SSSR count). The number of fused-ring (bicyclic) bond motifs is 1. The molecular weight excluding hydrogens is 857 g/mol. The Morgan fingerprint density at radius 1 is 0.352 bits per heavy atom. The second-order valence-electron chi connectivity index (χ2n) is 18.1. The first-order chi connectivity index (χ1) is 34.8. The minimum atomic E-state index is 0.963. The maximum atomic E-state index is 4.41. The molecule has 71 heavy (non-hydrogen) atoms. The van der Waals surface area contributed by atoms with Crippen LogP contribution in [0.25, 0.3) is 56.3 Å². The normalized spacial score (nSPS) is 11.6. The van der Waals surface area contributed by atoms with Gasteiger partial charge in [-0.2, -0.15) is 0 Å². The molecule has 0 N–H and O–H groups in total. The lowest BCUT2D eigenvalue weighted by molar-refractivity contribution is 1.27. The Kier molecular flexibility index (Phi) is 13.6. The van der Waals surface area contributed by atoms with Crippen LogP contribution in [0.3, 0.4) is 0 Å². The Morgan fingerprint density at radius 3 is 1.30 bits per heavy atom. The first-order valence-electron chi connectivity index (χ1n) is 24.4. The van der Waals surface area contributed by atoms with E-state index in [1.807, 2.05) is 6.07 Å². The second kappa shape index (κ2) is 21.1. The Labute approximate surface area is 419 Å². The minimum Gasteiger partial charge on any atom is -0.311 e. The molecule has 0 bridgehead atoms. The van der Waals surface area contributed by atoms with E-state index in [2.05, 4.69) is 304 Å². The lowest BCUT2D eigenvalue weighted by atomic mass is 10.00. The van der Waals surface area contributed by atoms with Crippen molar-refractivity contribution in [3.05, 3.63) is 301 Å². The summed E-state index contributed by atoms with van der Waals surface area (Å²) in [7, 11) is 0. The van der Waals surface area contributed by atoms with Gasteiger partial charge in [-0.25, -0.2) is 0 Å². The molecule has 0 aromatic heterocycles. The highest BCUT2D eigenvalue weighted by Gasteiger charge is 2.15. The molecule has 2 nitrogen and oxygen atoms in total. The third kappa shape index (κ3) is 10.7. The highest BCUT2D eigenvalue weighted by atomic mass is 15.1. The third-order valence-electron chi connectivity index (χ3n) is 13.1.